The Morgan fingerprint density at radius 3 is 2.42 bits per heavy atom. The average Bonchev–Trinajstić information content (AvgIpc) is 2.97. The van der Waals surface area contributed by atoms with Gasteiger partial charge in [-0.05, 0) is 17.7 Å². The highest BCUT2D eigenvalue weighted by Crippen LogP contribution is 2.19. The highest BCUT2D eigenvalue weighted by atomic mass is 127. The van der Waals surface area contributed by atoms with E-state index in [2.05, 4.69) is 10.3 Å². The van der Waals surface area contributed by atoms with Crippen LogP contribution in [-0.2, 0) is 23.1 Å². The van der Waals surface area contributed by atoms with Gasteiger partial charge in [-0.15, -0.1) is 35.3 Å². The standard InChI is InChI=1S/C15H20N4O2S2.HI/c1-19(2)15(17-10-12-6-4-3-5-7-12)18-11-13-8-9-14(22-13)23(16,20)21;/h3-9H,10-11H2,1-2H3,(H,17,18)(H2,16,20,21);1H. The van der Waals surface area contributed by atoms with E-state index in [1.54, 1.807) is 6.07 Å². The van der Waals surface area contributed by atoms with Gasteiger partial charge in [-0.3, -0.25) is 0 Å². The zero-order chi connectivity index (χ0) is 16.9. The van der Waals surface area contributed by atoms with Crippen LogP contribution in [0.5, 0.6) is 0 Å². The predicted molar refractivity (Wildman–Crippen MR) is 109 cm³/mol. The number of nitrogens with zero attached hydrogens (tertiary/aromatic N) is 2. The third-order valence-electron chi connectivity index (χ3n) is 3.02. The maximum Gasteiger partial charge on any atom is 0.247 e. The van der Waals surface area contributed by atoms with Crippen molar-refractivity contribution in [2.24, 2.45) is 10.1 Å². The minimum absolute atomic E-state index is 0. The van der Waals surface area contributed by atoms with Crippen LogP contribution in [0.15, 0.2) is 51.7 Å². The molecule has 0 fully saturated rings. The van der Waals surface area contributed by atoms with E-state index in [-0.39, 0.29) is 28.2 Å². The highest BCUT2D eigenvalue weighted by Gasteiger charge is 2.11. The second-order valence-corrected chi connectivity index (χ2v) is 8.10. The molecule has 0 saturated heterocycles. The van der Waals surface area contributed by atoms with Crippen LogP contribution in [-0.4, -0.2) is 33.4 Å². The van der Waals surface area contributed by atoms with Crippen molar-refractivity contribution in [3.63, 3.8) is 0 Å². The lowest BCUT2D eigenvalue weighted by atomic mass is 10.2. The summed E-state index contributed by atoms with van der Waals surface area (Å²) in [7, 11) is 0.175. The maximum absolute atomic E-state index is 11.3. The topological polar surface area (TPSA) is 87.8 Å². The summed E-state index contributed by atoms with van der Waals surface area (Å²) >= 11 is 1.16. The molecule has 1 aromatic carbocycles. The molecule has 3 N–H and O–H groups in total. The van der Waals surface area contributed by atoms with Crippen LogP contribution in [0.3, 0.4) is 0 Å². The molecule has 0 aliphatic carbocycles. The van der Waals surface area contributed by atoms with Gasteiger partial charge in [-0.25, -0.2) is 18.5 Å². The van der Waals surface area contributed by atoms with E-state index in [0.717, 1.165) is 27.7 Å². The van der Waals surface area contributed by atoms with Gasteiger partial charge in [-0.1, -0.05) is 30.3 Å². The van der Waals surface area contributed by atoms with Crippen LogP contribution in [0.4, 0.5) is 0 Å². The van der Waals surface area contributed by atoms with Gasteiger partial charge in [0.15, 0.2) is 5.96 Å². The minimum Gasteiger partial charge on any atom is -0.351 e. The van der Waals surface area contributed by atoms with E-state index in [0.29, 0.717) is 13.1 Å². The highest BCUT2D eigenvalue weighted by molar-refractivity contribution is 14.0. The summed E-state index contributed by atoms with van der Waals surface area (Å²) in [5.74, 6) is 0.736. The molecule has 2 rings (SSSR count). The first-order chi connectivity index (χ1) is 10.9. The van der Waals surface area contributed by atoms with E-state index in [4.69, 9.17) is 5.14 Å². The quantitative estimate of drug-likeness (QED) is 0.391. The van der Waals surface area contributed by atoms with Crippen molar-refractivity contribution in [1.29, 1.82) is 0 Å². The number of benzene rings is 1. The molecular weight excluding hydrogens is 459 g/mol. The Morgan fingerprint density at radius 2 is 1.88 bits per heavy atom. The molecule has 132 valence electrons. The lowest BCUT2D eigenvalue weighted by molar-refractivity contribution is 0.579. The van der Waals surface area contributed by atoms with Gasteiger partial charge in [0.25, 0.3) is 0 Å². The first kappa shape index (κ1) is 20.9. The number of nitrogens with two attached hydrogens (primary N) is 1. The Morgan fingerprint density at radius 1 is 1.21 bits per heavy atom. The molecule has 0 bridgehead atoms. The van der Waals surface area contributed by atoms with Crippen molar-refractivity contribution in [3.8, 4) is 0 Å². The molecule has 0 saturated carbocycles. The number of aliphatic imine (C=N–C) groups is 1. The second kappa shape index (κ2) is 9.35. The van der Waals surface area contributed by atoms with Crippen molar-refractivity contribution in [3.05, 3.63) is 52.9 Å². The monoisotopic (exact) mass is 480 g/mol. The normalized spacial score (nSPS) is 11.7. The van der Waals surface area contributed by atoms with Crippen LogP contribution < -0.4 is 10.5 Å². The largest absolute Gasteiger partial charge is 0.351 e. The summed E-state index contributed by atoms with van der Waals surface area (Å²) in [6, 6.07) is 13.2. The van der Waals surface area contributed by atoms with E-state index < -0.39 is 10.0 Å². The van der Waals surface area contributed by atoms with E-state index in [1.165, 1.54) is 6.07 Å². The van der Waals surface area contributed by atoms with Crippen molar-refractivity contribution in [1.82, 2.24) is 10.2 Å². The van der Waals surface area contributed by atoms with Crippen LogP contribution in [0.1, 0.15) is 10.4 Å². The third kappa shape index (κ3) is 6.38. The first-order valence-electron chi connectivity index (χ1n) is 6.97. The molecule has 0 aliphatic heterocycles. The molecule has 0 atom stereocenters. The molecule has 0 unspecified atom stereocenters. The van der Waals surface area contributed by atoms with Gasteiger partial charge in [0, 0.05) is 19.0 Å². The second-order valence-electron chi connectivity index (χ2n) is 5.14. The van der Waals surface area contributed by atoms with Crippen LogP contribution in [0.2, 0.25) is 0 Å². The molecular formula is C15H21IN4O2S2. The summed E-state index contributed by atoms with van der Waals surface area (Å²) in [4.78, 5) is 7.32. The molecule has 0 spiro atoms. The van der Waals surface area contributed by atoms with E-state index in [9.17, 15) is 8.42 Å². The molecule has 0 amide bonds. The van der Waals surface area contributed by atoms with Gasteiger partial charge in [0.1, 0.15) is 4.21 Å². The smallest absolute Gasteiger partial charge is 0.247 e. The molecule has 1 heterocycles. The fourth-order valence-electron chi connectivity index (χ4n) is 1.88. The number of thiophene rings is 1. The minimum atomic E-state index is -3.63. The summed E-state index contributed by atoms with van der Waals surface area (Å²) in [6.07, 6.45) is 0. The Bertz CT molecular complexity index is 774. The van der Waals surface area contributed by atoms with Crippen LogP contribution in [0.25, 0.3) is 0 Å². The van der Waals surface area contributed by atoms with Crippen LogP contribution >= 0.6 is 35.3 Å². The maximum atomic E-state index is 11.3. The number of hydrogen-bond donors (Lipinski definition) is 2. The third-order valence-corrected chi connectivity index (χ3v) is 5.54. The number of sulfonamides is 1. The molecule has 2 aromatic rings. The number of nitrogens with one attached hydrogen (secondary N) is 1. The SMILES string of the molecule is CN(C)C(=NCc1ccccc1)NCc1ccc(S(N)(=O)=O)s1.I. The van der Waals surface area contributed by atoms with E-state index in [1.807, 2.05) is 49.3 Å². The van der Waals surface area contributed by atoms with Gasteiger partial charge < -0.3 is 10.2 Å². The number of rotatable bonds is 5. The Hall–Kier alpha value is -1.17. The van der Waals surface area contributed by atoms with Crippen molar-refractivity contribution < 1.29 is 8.42 Å². The fraction of sp³-hybridized carbons (Fsp3) is 0.267. The van der Waals surface area contributed by atoms with Crippen molar-refractivity contribution >= 4 is 51.3 Å². The fourth-order valence-corrected chi connectivity index (χ4v) is 3.60. The molecule has 1 aromatic heterocycles. The molecule has 9 heteroatoms. The average molecular weight is 480 g/mol. The Labute approximate surface area is 163 Å². The van der Waals surface area contributed by atoms with Crippen LogP contribution in [0, 0.1) is 0 Å². The first-order valence-corrected chi connectivity index (χ1v) is 9.33. The number of guanidine groups is 1. The Balaban J connectivity index is 0.00000288. The summed E-state index contributed by atoms with van der Waals surface area (Å²) < 4.78 is 22.7. The lowest BCUT2D eigenvalue weighted by Crippen LogP contribution is -2.35. The Kier molecular flexibility index (Phi) is 8.13. The lowest BCUT2D eigenvalue weighted by Gasteiger charge is -2.17. The molecule has 24 heavy (non-hydrogen) atoms. The van der Waals surface area contributed by atoms with Gasteiger partial charge in [0.05, 0.1) is 13.1 Å². The summed E-state index contributed by atoms with van der Waals surface area (Å²) in [5, 5.41) is 8.34. The van der Waals surface area contributed by atoms with E-state index >= 15 is 0 Å². The van der Waals surface area contributed by atoms with Crippen molar-refractivity contribution in [2.75, 3.05) is 14.1 Å². The van der Waals surface area contributed by atoms with Crippen molar-refractivity contribution in [2.45, 2.75) is 17.3 Å². The zero-order valence-electron chi connectivity index (χ0n) is 13.5. The van der Waals surface area contributed by atoms with Gasteiger partial charge >= 0.3 is 0 Å². The molecule has 0 radical (unpaired) electrons. The van der Waals surface area contributed by atoms with Gasteiger partial charge in [-0.2, -0.15) is 0 Å². The zero-order valence-corrected chi connectivity index (χ0v) is 17.4. The summed E-state index contributed by atoms with van der Waals surface area (Å²) in [5.41, 5.74) is 1.13. The molecule has 6 nitrogen and oxygen atoms in total. The number of halogens is 1. The number of hydrogen-bond acceptors (Lipinski definition) is 4. The molecule has 0 aliphatic rings. The van der Waals surface area contributed by atoms with Gasteiger partial charge in [0.2, 0.25) is 10.0 Å². The predicted octanol–water partition coefficient (Wildman–Crippen LogP) is 2.22. The number of primary sulfonamides is 1. The summed E-state index contributed by atoms with van der Waals surface area (Å²) in [6.45, 7) is 1.07.